The molecule has 0 aliphatic heterocycles. The molecule has 7 nitrogen and oxygen atoms in total. The van der Waals surface area contributed by atoms with Crippen molar-refractivity contribution in [2.24, 2.45) is 13.0 Å². The number of halogens is 4. The van der Waals surface area contributed by atoms with Gasteiger partial charge < -0.3 is 4.74 Å². The molecule has 0 bridgehead atoms. The number of aromatic nitrogens is 4. The van der Waals surface area contributed by atoms with Gasteiger partial charge in [-0.3, -0.25) is 18.9 Å². The van der Waals surface area contributed by atoms with Gasteiger partial charge in [0, 0.05) is 23.7 Å². The molecular formula is C19H14ClF3N4O3. The zero-order chi connectivity index (χ0) is 21.8. The van der Waals surface area contributed by atoms with Crippen molar-refractivity contribution in [3.8, 4) is 11.8 Å². The predicted octanol–water partition coefficient (Wildman–Crippen LogP) is 3.85. The summed E-state index contributed by atoms with van der Waals surface area (Å²) < 4.78 is 47.3. The fraction of sp³-hybridized carbons (Fsp3) is 0.211. The number of fused-ring (bicyclic) bond motifs is 1. The fourth-order valence-electron chi connectivity index (χ4n) is 3.17. The van der Waals surface area contributed by atoms with Crippen LogP contribution in [-0.4, -0.2) is 19.1 Å². The largest absolute Gasteiger partial charge is 0.425 e. The Morgan fingerprint density at radius 1 is 1.23 bits per heavy atom. The Hall–Kier alpha value is -3.27. The van der Waals surface area contributed by atoms with Crippen LogP contribution in [0.4, 0.5) is 13.2 Å². The average Bonchev–Trinajstić information content (AvgIpc) is 3.20. The Morgan fingerprint density at radius 3 is 2.60 bits per heavy atom. The highest BCUT2D eigenvalue weighted by atomic mass is 35.5. The van der Waals surface area contributed by atoms with E-state index >= 15 is 0 Å². The van der Waals surface area contributed by atoms with Crippen LogP contribution in [-0.2, 0) is 13.2 Å². The number of nitrogens with one attached hydrogen (secondary N) is 1. The van der Waals surface area contributed by atoms with E-state index in [0.717, 1.165) is 16.7 Å². The zero-order valence-electron chi connectivity index (χ0n) is 15.6. The van der Waals surface area contributed by atoms with E-state index in [-0.39, 0.29) is 28.8 Å². The van der Waals surface area contributed by atoms with E-state index < -0.39 is 23.0 Å². The zero-order valence-corrected chi connectivity index (χ0v) is 16.4. The highest BCUT2D eigenvalue weighted by molar-refractivity contribution is 6.31. The number of hydrogen-bond donors (Lipinski definition) is 1. The molecule has 0 amide bonds. The molecule has 1 N–H and O–H groups in total. The van der Waals surface area contributed by atoms with Gasteiger partial charge in [0.05, 0.1) is 5.56 Å². The number of ether oxygens (including phenoxy) is 1. The monoisotopic (exact) mass is 438 g/mol. The van der Waals surface area contributed by atoms with Crippen LogP contribution in [0.2, 0.25) is 0 Å². The van der Waals surface area contributed by atoms with Crippen molar-refractivity contribution in [3.05, 3.63) is 67.9 Å². The molecule has 11 heteroatoms. The first kappa shape index (κ1) is 20.0. The summed E-state index contributed by atoms with van der Waals surface area (Å²) in [6.45, 7) is 1.79. The maximum atomic E-state index is 13.1. The molecule has 0 spiro atoms. The number of aromatic amines is 1. The molecule has 4 rings (SSSR count). The summed E-state index contributed by atoms with van der Waals surface area (Å²) in [6, 6.07) is 4.10. The lowest BCUT2D eigenvalue weighted by Crippen LogP contribution is -2.29. The van der Waals surface area contributed by atoms with Gasteiger partial charge in [0.2, 0.25) is 0 Å². The number of imidazole rings is 1. The molecule has 1 aliphatic carbocycles. The van der Waals surface area contributed by atoms with Crippen molar-refractivity contribution in [2.45, 2.75) is 13.1 Å². The molecule has 0 saturated heterocycles. The first-order chi connectivity index (χ1) is 14.1. The summed E-state index contributed by atoms with van der Waals surface area (Å²) in [4.78, 5) is 30.9. The summed E-state index contributed by atoms with van der Waals surface area (Å²) in [7, 11) is 1.41. The Balaban J connectivity index is 1.93. The molecule has 0 unspecified atom stereocenters. The SMILES string of the molecule is C[C@H]1C(Cl)=CC=C1n1c(Oc2cccc(C(F)(F)F)c2)nc2c1c(=O)[nH]c(=O)n2C. The number of rotatable bonds is 3. The molecule has 156 valence electrons. The lowest BCUT2D eigenvalue weighted by Gasteiger charge is -2.15. The number of aryl methyl sites for hydroxylation is 1. The number of allylic oxidation sites excluding steroid dienone is 4. The van der Waals surface area contributed by atoms with E-state index in [0.29, 0.717) is 10.7 Å². The van der Waals surface area contributed by atoms with E-state index in [1.54, 1.807) is 19.1 Å². The quantitative estimate of drug-likeness (QED) is 0.673. The van der Waals surface area contributed by atoms with Gasteiger partial charge in [-0.2, -0.15) is 18.2 Å². The van der Waals surface area contributed by atoms with Crippen LogP contribution in [0.1, 0.15) is 12.5 Å². The van der Waals surface area contributed by atoms with Gasteiger partial charge in [0.15, 0.2) is 11.2 Å². The van der Waals surface area contributed by atoms with E-state index in [4.69, 9.17) is 16.3 Å². The van der Waals surface area contributed by atoms with E-state index in [1.807, 2.05) is 0 Å². The smallest absolute Gasteiger partial charge is 0.416 e. The molecule has 0 saturated carbocycles. The Bertz CT molecular complexity index is 1350. The van der Waals surface area contributed by atoms with Crippen LogP contribution in [0.3, 0.4) is 0 Å². The van der Waals surface area contributed by atoms with Gasteiger partial charge in [-0.15, -0.1) is 0 Å². The molecule has 2 aromatic heterocycles. The van der Waals surface area contributed by atoms with Crippen LogP contribution >= 0.6 is 11.6 Å². The maximum Gasteiger partial charge on any atom is 0.416 e. The van der Waals surface area contributed by atoms with Gasteiger partial charge in [0.1, 0.15) is 5.75 Å². The summed E-state index contributed by atoms with van der Waals surface area (Å²) in [6.07, 6.45) is -1.27. The minimum atomic E-state index is -4.56. The van der Waals surface area contributed by atoms with E-state index in [1.165, 1.54) is 23.7 Å². The van der Waals surface area contributed by atoms with Gasteiger partial charge >= 0.3 is 17.9 Å². The van der Waals surface area contributed by atoms with Crippen LogP contribution in [0.15, 0.2) is 51.0 Å². The fourth-order valence-corrected chi connectivity index (χ4v) is 3.35. The topological polar surface area (TPSA) is 81.9 Å². The number of nitrogens with zero attached hydrogens (tertiary/aromatic N) is 3. The van der Waals surface area contributed by atoms with Crippen LogP contribution in [0, 0.1) is 5.92 Å². The Labute approximate surface area is 171 Å². The molecule has 1 aliphatic rings. The summed E-state index contributed by atoms with van der Waals surface area (Å²) in [5.41, 5.74) is -1.75. The van der Waals surface area contributed by atoms with Gasteiger partial charge in [-0.25, -0.2) is 4.79 Å². The van der Waals surface area contributed by atoms with Crippen LogP contribution in [0.5, 0.6) is 11.8 Å². The Kier molecular flexibility index (Phi) is 4.61. The predicted molar refractivity (Wildman–Crippen MR) is 104 cm³/mol. The first-order valence-corrected chi connectivity index (χ1v) is 9.10. The van der Waals surface area contributed by atoms with Gasteiger partial charge in [0.25, 0.3) is 5.56 Å². The van der Waals surface area contributed by atoms with Gasteiger partial charge in [-0.05, 0) is 30.4 Å². The van der Waals surface area contributed by atoms with Crippen molar-refractivity contribution >= 4 is 28.5 Å². The molecule has 0 radical (unpaired) electrons. The van der Waals surface area contributed by atoms with Crippen molar-refractivity contribution < 1.29 is 17.9 Å². The summed E-state index contributed by atoms with van der Waals surface area (Å²) in [5.74, 6) is -0.460. The van der Waals surface area contributed by atoms with E-state index in [9.17, 15) is 22.8 Å². The number of H-pyrrole nitrogens is 1. The molecular weight excluding hydrogens is 425 g/mol. The van der Waals surface area contributed by atoms with Crippen molar-refractivity contribution in [1.82, 2.24) is 19.1 Å². The Morgan fingerprint density at radius 2 is 1.97 bits per heavy atom. The van der Waals surface area contributed by atoms with Gasteiger partial charge in [-0.1, -0.05) is 24.6 Å². The number of alkyl halides is 3. The summed E-state index contributed by atoms with van der Waals surface area (Å²) >= 11 is 6.17. The standard InChI is InChI=1S/C19H14ClF3N4O3/c1-9-12(20)6-7-13(9)27-14-15(26(2)17(29)25-16(14)28)24-18(27)30-11-5-3-4-10(8-11)19(21,22)23/h3-9H,1-2H3,(H,25,28,29)/t9-/m0/s1. The number of hydrogen-bond acceptors (Lipinski definition) is 4. The average molecular weight is 439 g/mol. The molecule has 1 atom stereocenters. The molecule has 0 fully saturated rings. The second kappa shape index (κ2) is 6.91. The molecule has 1 aromatic carbocycles. The second-order valence-electron chi connectivity index (χ2n) is 6.71. The molecule has 30 heavy (non-hydrogen) atoms. The van der Waals surface area contributed by atoms with Crippen molar-refractivity contribution in [1.29, 1.82) is 0 Å². The highest BCUT2D eigenvalue weighted by Gasteiger charge is 2.31. The molecule has 3 aromatic rings. The van der Waals surface area contributed by atoms with E-state index in [2.05, 4.69) is 9.97 Å². The third kappa shape index (κ3) is 3.22. The first-order valence-electron chi connectivity index (χ1n) is 8.72. The lowest BCUT2D eigenvalue weighted by atomic mass is 10.1. The van der Waals surface area contributed by atoms with Crippen molar-refractivity contribution in [3.63, 3.8) is 0 Å². The van der Waals surface area contributed by atoms with Crippen LogP contribution in [0.25, 0.3) is 16.9 Å². The van der Waals surface area contributed by atoms with Crippen molar-refractivity contribution in [2.75, 3.05) is 0 Å². The third-order valence-electron chi connectivity index (χ3n) is 4.79. The maximum absolute atomic E-state index is 13.1. The normalized spacial score (nSPS) is 16.7. The minimum Gasteiger partial charge on any atom is -0.425 e. The second-order valence-corrected chi connectivity index (χ2v) is 7.15. The number of benzene rings is 1. The third-order valence-corrected chi connectivity index (χ3v) is 5.24. The lowest BCUT2D eigenvalue weighted by molar-refractivity contribution is -0.137. The highest BCUT2D eigenvalue weighted by Crippen LogP contribution is 2.38. The summed E-state index contributed by atoms with van der Waals surface area (Å²) in [5, 5.41) is 0.498. The van der Waals surface area contributed by atoms with Crippen LogP contribution < -0.4 is 16.0 Å². The minimum absolute atomic E-state index is 0.0111. The molecule has 2 heterocycles.